The molecule has 4 nitrogen and oxygen atoms in total. The number of hydrogen-bond donors (Lipinski definition) is 1. The monoisotopic (exact) mass is 271 g/mol. The van der Waals surface area contributed by atoms with Crippen LogP contribution in [0.5, 0.6) is 0 Å². The number of nitrogens with zero attached hydrogens (tertiary/aromatic N) is 1. The molecule has 104 valence electrons. The van der Waals surface area contributed by atoms with Gasteiger partial charge in [-0.05, 0) is 23.3 Å². The summed E-state index contributed by atoms with van der Waals surface area (Å²) in [6.45, 7) is 1.52. The molecule has 0 saturated heterocycles. The number of carboxylic acids is 1. The number of carbonyl (C=O) groups is 2. The summed E-state index contributed by atoms with van der Waals surface area (Å²) in [6, 6.07) is 13.8. The van der Waals surface area contributed by atoms with E-state index in [2.05, 4.69) is 0 Å². The molecule has 1 amide bonds. The zero-order chi connectivity index (χ0) is 14.7. The Morgan fingerprint density at radius 3 is 2.45 bits per heavy atom. The minimum Gasteiger partial charge on any atom is -0.480 e. The van der Waals surface area contributed by atoms with Crippen molar-refractivity contribution in [1.82, 2.24) is 4.90 Å². The maximum atomic E-state index is 12.2. The highest BCUT2D eigenvalue weighted by Crippen LogP contribution is 2.22. The van der Waals surface area contributed by atoms with Gasteiger partial charge >= 0.3 is 5.97 Å². The Labute approximate surface area is 117 Å². The Hall–Kier alpha value is -2.36. The molecule has 0 aliphatic rings. The van der Waals surface area contributed by atoms with Crippen LogP contribution in [-0.4, -0.2) is 35.5 Å². The van der Waals surface area contributed by atoms with E-state index in [0.29, 0.717) is 0 Å². The normalized spacial score (nSPS) is 12.1. The van der Waals surface area contributed by atoms with Crippen molar-refractivity contribution in [1.29, 1.82) is 0 Å². The van der Waals surface area contributed by atoms with Gasteiger partial charge in [0.05, 0.1) is 5.92 Å². The summed E-state index contributed by atoms with van der Waals surface area (Å²) in [5, 5.41) is 10.9. The smallest absolute Gasteiger partial charge is 0.323 e. The van der Waals surface area contributed by atoms with Gasteiger partial charge in [0.15, 0.2) is 0 Å². The zero-order valence-electron chi connectivity index (χ0n) is 11.5. The molecular weight excluding hydrogens is 254 g/mol. The number of amides is 1. The number of carboxylic acid groups (broad SMARTS) is 1. The third kappa shape index (κ3) is 2.96. The standard InChI is InChI=1S/C16H17NO3/c1-11(16(20)17(2)10-15(18)19)13-8-7-12-5-3-4-6-14(12)9-13/h3-9,11H,10H2,1-2H3,(H,18,19). The lowest BCUT2D eigenvalue weighted by atomic mass is 9.97. The molecule has 4 heteroatoms. The molecule has 1 atom stereocenters. The molecule has 2 rings (SSSR count). The average molecular weight is 271 g/mol. The minimum atomic E-state index is -1.01. The van der Waals surface area contributed by atoms with E-state index in [1.54, 1.807) is 6.92 Å². The zero-order valence-corrected chi connectivity index (χ0v) is 11.5. The molecule has 0 radical (unpaired) electrons. The molecule has 1 unspecified atom stereocenters. The summed E-state index contributed by atoms with van der Waals surface area (Å²) >= 11 is 0. The van der Waals surface area contributed by atoms with Crippen LogP contribution < -0.4 is 0 Å². The third-order valence-corrected chi connectivity index (χ3v) is 3.39. The summed E-state index contributed by atoms with van der Waals surface area (Å²) in [4.78, 5) is 24.1. The average Bonchev–Trinajstić information content (AvgIpc) is 2.44. The molecule has 2 aromatic carbocycles. The third-order valence-electron chi connectivity index (χ3n) is 3.39. The summed E-state index contributed by atoms with van der Waals surface area (Å²) in [5.74, 6) is -1.56. The number of likely N-dealkylation sites (N-methyl/N-ethyl adjacent to an activating group) is 1. The Balaban J connectivity index is 2.24. The largest absolute Gasteiger partial charge is 0.480 e. The van der Waals surface area contributed by atoms with Crippen molar-refractivity contribution in [2.45, 2.75) is 12.8 Å². The van der Waals surface area contributed by atoms with Crippen molar-refractivity contribution in [3.05, 3.63) is 48.0 Å². The molecule has 0 spiro atoms. The van der Waals surface area contributed by atoms with Gasteiger partial charge in [0.25, 0.3) is 0 Å². The highest BCUT2D eigenvalue weighted by molar-refractivity contribution is 5.89. The van der Waals surface area contributed by atoms with Crippen LogP contribution >= 0.6 is 0 Å². The second kappa shape index (κ2) is 5.74. The lowest BCUT2D eigenvalue weighted by Gasteiger charge is -2.20. The molecule has 0 aromatic heterocycles. The van der Waals surface area contributed by atoms with E-state index >= 15 is 0 Å². The lowest BCUT2D eigenvalue weighted by molar-refractivity contribution is -0.143. The van der Waals surface area contributed by atoms with E-state index in [4.69, 9.17) is 5.11 Å². The highest BCUT2D eigenvalue weighted by atomic mass is 16.4. The Morgan fingerprint density at radius 2 is 1.80 bits per heavy atom. The van der Waals surface area contributed by atoms with Crippen LogP contribution in [0, 0.1) is 0 Å². The predicted octanol–water partition coefficient (Wildman–Crippen LogP) is 2.49. The Kier molecular flexibility index (Phi) is 4.03. The predicted molar refractivity (Wildman–Crippen MR) is 77.6 cm³/mol. The maximum Gasteiger partial charge on any atom is 0.323 e. The second-order valence-corrected chi connectivity index (χ2v) is 4.92. The molecule has 0 fully saturated rings. The SMILES string of the molecule is CC(C(=O)N(C)CC(=O)O)c1ccc2ccccc2c1. The van der Waals surface area contributed by atoms with Gasteiger partial charge in [-0.25, -0.2) is 0 Å². The molecule has 20 heavy (non-hydrogen) atoms. The fourth-order valence-electron chi connectivity index (χ4n) is 2.23. The first-order valence-electron chi connectivity index (χ1n) is 6.44. The topological polar surface area (TPSA) is 57.6 Å². The summed E-state index contributed by atoms with van der Waals surface area (Å²) in [7, 11) is 1.51. The van der Waals surface area contributed by atoms with E-state index in [1.807, 2.05) is 42.5 Å². The van der Waals surface area contributed by atoms with Gasteiger partial charge in [0.2, 0.25) is 5.91 Å². The van der Waals surface area contributed by atoms with Crippen LogP contribution in [-0.2, 0) is 9.59 Å². The number of hydrogen-bond acceptors (Lipinski definition) is 2. The second-order valence-electron chi connectivity index (χ2n) is 4.92. The molecule has 0 heterocycles. The van der Waals surface area contributed by atoms with Gasteiger partial charge in [-0.15, -0.1) is 0 Å². The fraction of sp³-hybridized carbons (Fsp3) is 0.250. The van der Waals surface area contributed by atoms with E-state index in [9.17, 15) is 9.59 Å². The van der Waals surface area contributed by atoms with Gasteiger partial charge in [0, 0.05) is 7.05 Å². The Morgan fingerprint density at radius 1 is 1.15 bits per heavy atom. The van der Waals surface area contributed by atoms with Crippen LogP contribution in [0.25, 0.3) is 10.8 Å². The number of carbonyl (C=O) groups excluding carboxylic acids is 1. The van der Waals surface area contributed by atoms with Gasteiger partial charge in [-0.3, -0.25) is 9.59 Å². The first-order chi connectivity index (χ1) is 9.49. The maximum absolute atomic E-state index is 12.2. The fourth-order valence-corrected chi connectivity index (χ4v) is 2.23. The van der Waals surface area contributed by atoms with Gasteiger partial charge < -0.3 is 10.0 Å². The van der Waals surface area contributed by atoms with E-state index < -0.39 is 5.97 Å². The van der Waals surface area contributed by atoms with Gasteiger partial charge in [0.1, 0.15) is 6.54 Å². The van der Waals surface area contributed by atoms with Gasteiger partial charge in [-0.1, -0.05) is 42.5 Å². The Bertz CT molecular complexity index is 651. The minimum absolute atomic E-state index is 0.192. The molecule has 0 bridgehead atoms. The van der Waals surface area contributed by atoms with E-state index in [1.165, 1.54) is 11.9 Å². The van der Waals surface area contributed by atoms with Crippen molar-refractivity contribution < 1.29 is 14.7 Å². The molecule has 0 saturated carbocycles. The van der Waals surface area contributed by atoms with Crippen molar-refractivity contribution in [3.8, 4) is 0 Å². The van der Waals surface area contributed by atoms with E-state index in [-0.39, 0.29) is 18.4 Å². The lowest BCUT2D eigenvalue weighted by Crippen LogP contribution is -2.34. The van der Waals surface area contributed by atoms with E-state index in [0.717, 1.165) is 16.3 Å². The van der Waals surface area contributed by atoms with Gasteiger partial charge in [-0.2, -0.15) is 0 Å². The first kappa shape index (κ1) is 14.1. The molecule has 2 aromatic rings. The van der Waals surface area contributed by atoms with Crippen molar-refractivity contribution >= 4 is 22.6 Å². The van der Waals surface area contributed by atoms with Crippen LogP contribution in [0.1, 0.15) is 18.4 Å². The summed E-state index contributed by atoms with van der Waals surface area (Å²) in [6.07, 6.45) is 0. The molecular formula is C16H17NO3. The van der Waals surface area contributed by atoms with Crippen molar-refractivity contribution in [3.63, 3.8) is 0 Å². The summed E-state index contributed by atoms with van der Waals surface area (Å²) in [5.41, 5.74) is 0.894. The number of rotatable bonds is 4. The van der Waals surface area contributed by atoms with Crippen molar-refractivity contribution in [2.24, 2.45) is 0 Å². The van der Waals surface area contributed by atoms with Crippen LogP contribution in [0.3, 0.4) is 0 Å². The number of benzene rings is 2. The molecule has 1 N–H and O–H groups in total. The van der Waals surface area contributed by atoms with Crippen molar-refractivity contribution in [2.75, 3.05) is 13.6 Å². The highest BCUT2D eigenvalue weighted by Gasteiger charge is 2.20. The van der Waals surface area contributed by atoms with Crippen LogP contribution in [0.15, 0.2) is 42.5 Å². The number of fused-ring (bicyclic) bond motifs is 1. The van der Waals surface area contributed by atoms with Crippen LogP contribution in [0.4, 0.5) is 0 Å². The molecule has 0 aliphatic carbocycles. The summed E-state index contributed by atoms with van der Waals surface area (Å²) < 4.78 is 0. The first-order valence-corrected chi connectivity index (χ1v) is 6.44. The quantitative estimate of drug-likeness (QED) is 0.929. The van der Waals surface area contributed by atoms with Crippen LogP contribution in [0.2, 0.25) is 0 Å². The number of aliphatic carboxylic acids is 1. The molecule has 0 aliphatic heterocycles.